The highest BCUT2D eigenvalue weighted by atomic mass is 32.1. The fraction of sp³-hybridized carbons (Fsp3) is 0.429. The van der Waals surface area contributed by atoms with Crippen molar-refractivity contribution >= 4 is 17.2 Å². The van der Waals surface area contributed by atoms with Gasteiger partial charge in [0.05, 0.1) is 6.10 Å². The molecule has 0 fully saturated rings. The van der Waals surface area contributed by atoms with Crippen LogP contribution in [0.2, 0.25) is 0 Å². The van der Waals surface area contributed by atoms with Crippen LogP contribution in [0.4, 0.5) is 0 Å². The van der Waals surface area contributed by atoms with Crippen LogP contribution in [0.5, 0.6) is 0 Å². The van der Waals surface area contributed by atoms with Gasteiger partial charge in [0.15, 0.2) is 0 Å². The first kappa shape index (κ1) is 10.7. The molecule has 0 amide bonds. The number of hydrogen-bond donors (Lipinski definition) is 2. The lowest BCUT2D eigenvalue weighted by atomic mass is 10.3. The summed E-state index contributed by atoms with van der Waals surface area (Å²) in [5.41, 5.74) is 10.6. The SMILES string of the molecule is CC(C)OC(N)=C(C#N)C(N)=S. The molecule has 0 saturated carbocycles. The van der Waals surface area contributed by atoms with Crippen molar-refractivity contribution in [1.29, 1.82) is 5.26 Å². The molecule has 0 heterocycles. The predicted octanol–water partition coefficient (Wildman–Crippen LogP) is 0.391. The summed E-state index contributed by atoms with van der Waals surface area (Å²) in [6.07, 6.45) is -0.0947. The summed E-state index contributed by atoms with van der Waals surface area (Å²) in [6, 6.07) is 1.77. The normalized spacial score (nSPS) is 11.8. The Hall–Kier alpha value is -1.28. The van der Waals surface area contributed by atoms with Crippen molar-refractivity contribution in [3.05, 3.63) is 11.5 Å². The van der Waals surface area contributed by atoms with Crippen molar-refractivity contribution in [2.45, 2.75) is 20.0 Å². The molecule has 0 radical (unpaired) electrons. The first-order valence-corrected chi connectivity index (χ1v) is 3.76. The van der Waals surface area contributed by atoms with E-state index in [1.165, 1.54) is 0 Å². The van der Waals surface area contributed by atoms with E-state index in [2.05, 4.69) is 12.2 Å². The topological polar surface area (TPSA) is 85.1 Å². The zero-order valence-electron chi connectivity index (χ0n) is 7.00. The fourth-order valence-electron chi connectivity index (χ4n) is 0.544. The Balaban J connectivity index is 4.64. The summed E-state index contributed by atoms with van der Waals surface area (Å²) in [4.78, 5) is -0.0457. The van der Waals surface area contributed by atoms with Gasteiger partial charge in [-0.15, -0.1) is 0 Å². The third-order valence-corrected chi connectivity index (χ3v) is 1.17. The average Bonchev–Trinajstić information content (AvgIpc) is 1.85. The van der Waals surface area contributed by atoms with Crippen molar-refractivity contribution in [3.63, 3.8) is 0 Å². The lowest BCUT2D eigenvalue weighted by Crippen LogP contribution is -2.19. The maximum Gasteiger partial charge on any atom is 0.205 e. The van der Waals surface area contributed by atoms with Crippen LogP contribution >= 0.6 is 12.2 Å². The summed E-state index contributed by atoms with van der Waals surface area (Å²) in [5, 5.41) is 8.54. The Morgan fingerprint density at radius 3 is 2.25 bits per heavy atom. The third-order valence-electron chi connectivity index (χ3n) is 0.967. The molecule has 12 heavy (non-hydrogen) atoms. The summed E-state index contributed by atoms with van der Waals surface area (Å²) < 4.78 is 5.03. The van der Waals surface area contributed by atoms with Gasteiger partial charge < -0.3 is 16.2 Å². The highest BCUT2D eigenvalue weighted by Gasteiger charge is 2.08. The smallest absolute Gasteiger partial charge is 0.205 e. The molecular formula is C7H11N3OS. The summed E-state index contributed by atoms with van der Waals surface area (Å²) in [6.45, 7) is 3.59. The number of rotatable bonds is 3. The molecule has 0 aliphatic heterocycles. The summed E-state index contributed by atoms with van der Waals surface area (Å²) >= 11 is 4.58. The Bertz CT molecular complexity index is 252. The summed E-state index contributed by atoms with van der Waals surface area (Å²) in [7, 11) is 0. The molecule has 0 unspecified atom stereocenters. The van der Waals surface area contributed by atoms with Crippen LogP contribution in [-0.4, -0.2) is 11.1 Å². The number of nitrogens with zero attached hydrogens (tertiary/aromatic N) is 1. The minimum Gasteiger partial charge on any atom is -0.476 e. The number of ether oxygens (including phenoxy) is 1. The Kier molecular flexibility index (Phi) is 4.08. The predicted molar refractivity (Wildman–Crippen MR) is 49.8 cm³/mol. The minimum absolute atomic E-state index is 0.0139. The van der Waals surface area contributed by atoms with Gasteiger partial charge in [-0.05, 0) is 13.8 Å². The van der Waals surface area contributed by atoms with Crippen LogP contribution in [0.15, 0.2) is 11.5 Å². The first-order chi connectivity index (χ1) is 5.49. The van der Waals surface area contributed by atoms with E-state index in [1.807, 2.05) is 0 Å². The monoisotopic (exact) mass is 185 g/mol. The minimum atomic E-state index is -0.0947. The molecule has 5 heteroatoms. The van der Waals surface area contributed by atoms with Crippen LogP contribution in [0.3, 0.4) is 0 Å². The van der Waals surface area contributed by atoms with Gasteiger partial charge in [0.1, 0.15) is 16.6 Å². The van der Waals surface area contributed by atoms with E-state index in [9.17, 15) is 0 Å². The fourth-order valence-corrected chi connectivity index (χ4v) is 0.691. The van der Waals surface area contributed by atoms with Crippen molar-refractivity contribution in [2.75, 3.05) is 0 Å². The number of nitriles is 1. The molecule has 66 valence electrons. The molecule has 0 saturated heterocycles. The van der Waals surface area contributed by atoms with Crippen LogP contribution in [0, 0.1) is 11.3 Å². The van der Waals surface area contributed by atoms with Crippen LogP contribution in [-0.2, 0) is 4.74 Å². The van der Waals surface area contributed by atoms with Gasteiger partial charge in [0, 0.05) is 0 Å². The van der Waals surface area contributed by atoms with Gasteiger partial charge in [-0.3, -0.25) is 0 Å². The van der Waals surface area contributed by atoms with Gasteiger partial charge in [-0.25, -0.2) is 0 Å². The molecule has 4 N–H and O–H groups in total. The number of nitrogens with two attached hydrogens (primary N) is 2. The first-order valence-electron chi connectivity index (χ1n) is 3.35. The second-order valence-corrected chi connectivity index (χ2v) is 2.82. The molecular weight excluding hydrogens is 174 g/mol. The molecule has 0 aliphatic carbocycles. The van der Waals surface area contributed by atoms with E-state index < -0.39 is 0 Å². The Morgan fingerprint density at radius 2 is 2.00 bits per heavy atom. The molecule has 0 aromatic rings. The van der Waals surface area contributed by atoms with Crippen molar-refractivity contribution in [3.8, 4) is 6.07 Å². The second kappa shape index (κ2) is 4.57. The molecule has 0 bridgehead atoms. The van der Waals surface area contributed by atoms with E-state index in [1.54, 1.807) is 19.9 Å². The third kappa shape index (κ3) is 3.21. The highest BCUT2D eigenvalue weighted by Crippen LogP contribution is 2.02. The van der Waals surface area contributed by atoms with E-state index in [4.69, 9.17) is 21.5 Å². The Labute approximate surface area is 76.8 Å². The molecule has 0 rings (SSSR count). The van der Waals surface area contributed by atoms with Gasteiger partial charge >= 0.3 is 0 Å². The van der Waals surface area contributed by atoms with Crippen molar-refractivity contribution < 1.29 is 4.74 Å². The van der Waals surface area contributed by atoms with Crippen molar-refractivity contribution in [1.82, 2.24) is 0 Å². The zero-order valence-corrected chi connectivity index (χ0v) is 7.81. The lowest BCUT2D eigenvalue weighted by molar-refractivity contribution is 0.144. The van der Waals surface area contributed by atoms with Crippen LogP contribution in [0.1, 0.15) is 13.8 Å². The standard InChI is InChI=1S/C7H11N3OS/c1-4(2)11-6(9)5(3-8)7(10)12/h4H,9H2,1-2H3,(H2,10,12). The van der Waals surface area contributed by atoms with Gasteiger partial charge in [0.2, 0.25) is 5.88 Å². The number of hydrogen-bond acceptors (Lipinski definition) is 4. The summed E-state index contributed by atoms with van der Waals surface area (Å²) in [5.74, 6) is -0.0139. The zero-order chi connectivity index (χ0) is 9.72. The highest BCUT2D eigenvalue weighted by molar-refractivity contribution is 7.80. The molecule has 4 nitrogen and oxygen atoms in total. The lowest BCUT2D eigenvalue weighted by Gasteiger charge is -2.10. The molecule has 0 spiro atoms. The molecule has 0 aromatic carbocycles. The molecule has 0 aromatic heterocycles. The quantitative estimate of drug-likeness (QED) is 0.287. The maximum absolute atomic E-state index is 8.54. The van der Waals surface area contributed by atoms with Crippen LogP contribution < -0.4 is 11.5 Å². The van der Waals surface area contributed by atoms with E-state index >= 15 is 0 Å². The van der Waals surface area contributed by atoms with E-state index in [-0.39, 0.29) is 22.5 Å². The van der Waals surface area contributed by atoms with Gasteiger partial charge in [-0.1, -0.05) is 12.2 Å². The maximum atomic E-state index is 8.54. The van der Waals surface area contributed by atoms with Crippen molar-refractivity contribution in [2.24, 2.45) is 11.5 Å². The van der Waals surface area contributed by atoms with E-state index in [0.717, 1.165) is 0 Å². The molecule has 0 aliphatic rings. The van der Waals surface area contributed by atoms with Gasteiger partial charge in [0.25, 0.3) is 0 Å². The van der Waals surface area contributed by atoms with Crippen LogP contribution in [0.25, 0.3) is 0 Å². The molecule has 0 atom stereocenters. The van der Waals surface area contributed by atoms with E-state index in [0.29, 0.717) is 0 Å². The largest absolute Gasteiger partial charge is 0.476 e. The average molecular weight is 185 g/mol. The second-order valence-electron chi connectivity index (χ2n) is 2.38. The van der Waals surface area contributed by atoms with Gasteiger partial charge in [-0.2, -0.15) is 5.26 Å². The number of thiocarbonyl (C=S) groups is 1. The Morgan fingerprint density at radius 1 is 1.50 bits per heavy atom.